The van der Waals surface area contributed by atoms with Crippen LogP contribution in [0.15, 0.2) is 48.5 Å². The van der Waals surface area contributed by atoms with E-state index in [1.807, 2.05) is 24.3 Å². The number of halogens is 1. The van der Waals surface area contributed by atoms with Crippen molar-refractivity contribution in [2.24, 2.45) is 5.92 Å². The lowest BCUT2D eigenvalue weighted by Gasteiger charge is -2.27. The summed E-state index contributed by atoms with van der Waals surface area (Å²) in [6, 6.07) is 14.6. The Kier molecular flexibility index (Phi) is 4.91. The molecule has 2 nitrogen and oxygen atoms in total. The highest BCUT2D eigenvalue weighted by molar-refractivity contribution is 6.61. The lowest BCUT2D eigenvalue weighted by molar-refractivity contribution is 0.0821. The molecule has 4 heteroatoms. The third-order valence-corrected chi connectivity index (χ3v) is 4.02. The van der Waals surface area contributed by atoms with Crippen LogP contribution in [0.3, 0.4) is 0 Å². The van der Waals surface area contributed by atoms with Gasteiger partial charge in [-0.05, 0) is 35.1 Å². The molecule has 1 fully saturated rings. The molecule has 22 heavy (non-hydrogen) atoms. The first kappa shape index (κ1) is 15.3. The molecule has 0 atom stereocenters. The second-order valence-electron chi connectivity index (χ2n) is 5.78. The van der Waals surface area contributed by atoms with E-state index in [1.165, 1.54) is 12.1 Å². The molecule has 0 amide bonds. The van der Waals surface area contributed by atoms with Crippen LogP contribution in [0.1, 0.15) is 19.8 Å². The van der Waals surface area contributed by atoms with Crippen molar-refractivity contribution in [2.45, 2.75) is 19.8 Å². The van der Waals surface area contributed by atoms with Gasteiger partial charge in [0.2, 0.25) is 0 Å². The second-order valence-corrected chi connectivity index (χ2v) is 5.78. The lowest BCUT2D eigenvalue weighted by atomic mass is 9.77. The Labute approximate surface area is 131 Å². The van der Waals surface area contributed by atoms with Gasteiger partial charge in [0.1, 0.15) is 5.82 Å². The molecular weight excluding hydrogens is 278 g/mol. The van der Waals surface area contributed by atoms with Crippen molar-refractivity contribution in [3.05, 3.63) is 54.3 Å². The Hall–Kier alpha value is -1.65. The summed E-state index contributed by atoms with van der Waals surface area (Å²) in [5.41, 5.74) is 3.09. The van der Waals surface area contributed by atoms with Crippen LogP contribution in [0.25, 0.3) is 11.1 Å². The van der Waals surface area contributed by atoms with E-state index in [-0.39, 0.29) is 12.9 Å². The third kappa shape index (κ3) is 3.57. The molecule has 1 saturated heterocycles. The van der Waals surface area contributed by atoms with E-state index in [4.69, 9.17) is 9.31 Å². The van der Waals surface area contributed by atoms with Crippen molar-refractivity contribution in [2.75, 3.05) is 13.2 Å². The Bertz CT molecular complexity index is 589. The van der Waals surface area contributed by atoms with Crippen molar-refractivity contribution in [3.8, 4) is 11.1 Å². The molecule has 0 saturated carbocycles. The molecule has 0 aromatic heterocycles. The molecule has 114 valence electrons. The van der Waals surface area contributed by atoms with Crippen molar-refractivity contribution in [3.63, 3.8) is 0 Å². The fourth-order valence-electron chi connectivity index (χ4n) is 2.79. The number of hydrogen-bond donors (Lipinski definition) is 0. The summed E-state index contributed by atoms with van der Waals surface area (Å²) in [6.45, 7) is 3.71. The van der Waals surface area contributed by atoms with E-state index in [2.05, 4.69) is 6.92 Å². The SMILES string of the molecule is CCCC1COB(c2ccc(-c3ccc(F)cc3)cc2)OC1. The van der Waals surface area contributed by atoms with E-state index >= 15 is 0 Å². The minimum atomic E-state index is -0.268. The van der Waals surface area contributed by atoms with E-state index in [0.29, 0.717) is 5.92 Å². The predicted molar refractivity (Wildman–Crippen MR) is 87.5 cm³/mol. The summed E-state index contributed by atoms with van der Waals surface area (Å²) in [5.74, 6) is 0.297. The number of hydrogen-bond acceptors (Lipinski definition) is 2. The Balaban J connectivity index is 1.66. The van der Waals surface area contributed by atoms with E-state index < -0.39 is 0 Å². The van der Waals surface area contributed by atoms with Crippen molar-refractivity contribution < 1.29 is 13.7 Å². The molecule has 0 spiro atoms. The third-order valence-electron chi connectivity index (χ3n) is 4.02. The van der Waals surface area contributed by atoms with Gasteiger partial charge in [-0.25, -0.2) is 4.39 Å². The molecule has 2 aromatic carbocycles. The van der Waals surface area contributed by atoms with Gasteiger partial charge >= 0.3 is 7.12 Å². The van der Waals surface area contributed by atoms with Gasteiger partial charge in [0.25, 0.3) is 0 Å². The average molecular weight is 298 g/mol. The molecule has 0 aliphatic carbocycles. The smallest absolute Gasteiger partial charge is 0.407 e. The maximum Gasteiger partial charge on any atom is 0.493 e. The average Bonchev–Trinajstić information content (AvgIpc) is 2.57. The fourth-order valence-corrected chi connectivity index (χ4v) is 2.79. The van der Waals surface area contributed by atoms with E-state index in [9.17, 15) is 4.39 Å². The molecular formula is C18H20BFO2. The van der Waals surface area contributed by atoms with E-state index in [1.54, 1.807) is 12.1 Å². The van der Waals surface area contributed by atoms with Gasteiger partial charge in [-0.3, -0.25) is 0 Å². The molecule has 2 aromatic rings. The Morgan fingerprint density at radius 1 is 0.955 bits per heavy atom. The second kappa shape index (κ2) is 7.08. The van der Waals surface area contributed by atoms with Gasteiger partial charge in [0, 0.05) is 19.1 Å². The molecule has 0 bridgehead atoms. The zero-order valence-corrected chi connectivity index (χ0v) is 12.8. The quantitative estimate of drug-likeness (QED) is 0.802. The highest BCUT2D eigenvalue weighted by Gasteiger charge is 2.28. The highest BCUT2D eigenvalue weighted by atomic mass is 19.1. The Morgan fingerprint density at radius 2 is 1.50 bits per heavy atom. The lowest BCUT2D eigenvalue weighted by Crippen LogP contribution is -2.44. The summed E-state index contributed by atoms with van der Waals surface area (Å²) in [5, 5.41) is 0. The summed E-state index contributed by atoms with van der Waals surface area (Å²) >= 11 is 0. The zero-order chi connectivity index (χ0) is 15.4. The van der Waals surface area contributed by atoms with Crippen LogP contribution in [0.4, 0.5) is 4.39 Å². The number of rotatable bonds is 4. The van der Waals surface area contributed by atoms with Crippen LogP contribution in [0.2, 0.25) is 0 Å². The topological polar surface area (TPSA) is 18.5 Å². The van der Waals surface area contributed by atoms with Crippen molar-refractivity contribution >= 4 is 12.6 Å². The minimum absolute atomic E-state index is 0.217. The monoisotopic (exact) mass is 298 g/mol. The van der Waals surface area contributed by atoms with Gasteiger partial charge in [-0.2, -0.15) is 0 Å². The maximum atomic E-state index is 13.0. The number of benzene rings is 2. The molecule has 3 rings (SSSR count). The zero-order valence-electron chi connectivity index (χ0n) is 12.8. The first-order chi connectivity index (χ1) is 10.8. The summed E-state index contributed by atoms with van der Waals surface area (Å²) in [7, 11) is -0.268. The highest BCUT2D eigenvalue weighted by Crippen LogP contribution is 2.19. The van der Waals surface area contributed by atoms with Crippen LogP contribution >= 0.6 is 0 Å². The van der Waals surface area contributed by atoms with Gasteiger partial charge in [0.15, 0.2) is 0 Å². The van der Waals surface area contributed by atoms with Crippen LogP contribution in [0, 0.1) is 11.7 Å². The molecule has 0 radical (unpaired) electrons. The van der Waals surface area contributed by atoms with Crippen LogP contribution in [0.5, 0.6) is 0 Å². The van der Waals surface area contributed by atoms with Gasteiger partial charge in [-0.15, -0.1) is 0 Å². The first-order valence-corrected chi connectivity index (χ1v) is 7.85. The molecule has 1 heterocycles. The summed E-state index contributed by atoms with van der Waals surface area (Å²) in [4.78, 5) is 0. The minimum Gasteiger partial charge on any atom is -0.407 e. The summed E-state index contributed by atoms with van der Waals surface area (Å²) < 4.78 is 24.6. The van der Waals surface area contributed by atoms with Crippen LogP contribution in [-0.4, -0.2) is 20.3 Å². The largest absolute Gasteiger partial charge is 0.493 e. The maximum absolute atomic E-state index is 13.0. The van der Waals surface area contributed by atoms with Crippen molar-refractivity contribution in [1.29, 1.82) is 0 Å². The van der Waals surface area contributed by atoms with Gasteiger partial charge < -0.3 is 9.31 Å². The molecule has 1 aliphatic heterocycles. The fraction of sp³-hybridized carbons (Fsp3) is 0.333. The van der Waals surface area contributed by atoms with Crippen molar-refractivity contribution in [1.82, 2.24) is 0 Å². The first-order valence-electron chi connectivity index (χ1n) is 7.85. The Morgan fingerprint density at radius 3 is 2.05 bits per heavy atom. The van der Waals surface area contributed by atoms with Crippen LogP contribution in [-0.2, 0) is 9.31 Å². The molecule has 0 unspecified atom stereocenters. The molecule has 1 aliphatic rings. The van der Waals surface area contributed by atoms with Gasteiger partial charge in [0.05, 0.1) is 0 Å². The van der Waals surface area contributed by atoms with Crippen LogP contribution < -0.4 is 5.46 Å². The predicted octanol–water partition coefficient (Wildman–Crippen LogP) is 3.65. The summed E-state index contributed by atoms with van der Waals surface area (Å²) in [6.07, 6.45) is 2.31. The normalized spacial score (nSPS) is 16.0. The van der Waals surface area contributed by atoms with Gasteiger partial charge in [-0.1, -0.05) is 49.7 Å². The van der Waals surface area contributed by atoms with E-state index in [0.717, 1.165) is 42.6 Å². The standard InChI is InChI=1S/C18H20BFO2/c1-2-3-14-12-21-19(22-13-14)17-8-4-15(5-9-17)16-6-10-18(20)11-7-16/h4-11,14H,2-3,12-13H2,1H3. The molecule has 0 N–H and O–H groups in total.